The van der Waals surface area contributed by atoms with E-state index in [0.29, 0.717) is 11.5 Å². The van der Waals surface area contributed by atoms with Gasteiger partial charge in [-0.2, -0.15) is 4.80 Å². The van der Waals surface area contributed by atoms with Gasteiger partial charge in [-0.1, -0.05) is 17.3 Å². The number of rotatable bonds is 3. The van der Waals surface area contributed by atoms with E-state index >= 15 is 0 Å². The van der Waals surface area contributed by atoms with Gasteiger partial charge in [-0.15, -0.1) is 10.2 Å². The maximum absolute atomic E-state index is 9.06. The average molecular weight is 273 g/mol. The van der Waals surface area contributed by atoms with Gasteiger partial charge in [-0.05, 0) is 30.5 Å². The number of hydrogen-bond acceptors (Lipinski definition) is 6. The molecule has 1 heterocycles. The molecule has 2 aromatic rings. The minimum Gasteiger partial charge on any atom is -0.485 e. The Morgan fingerprint density at radius 2 is 2.30 bits per heavy atom. The van der Waals surface area contributed by atoms with E-state index in [1.807, 2.05) is 18.2 Å². The molecule has 0 spiro atoms. The molecule has 3 rings (SSSR count). The highest BCUT2D eigenvalue weighted by atomic mass is 16.5. The topological polar surface area (TPSA) is 85.4 Å². The van der Waals surface area contributed by atoms with Crippen LogP contribution in [0.2, 0.25) is 0 Å². The summed E-state index contributed by atoms with van der Waals surface area (Å²) >= 11 is 0. The molecule has 1 aliphatic carbocycles. The number of tetrazole rings is 1. The highest BCUT2D eigenvalue weighted by molar-refractivity contribution is 6.02. The van der Waals surface area contributed by atoms with Gasteiger partial charge in [0, 0.05) is 11.1 Å². The molecule has 0 unspecified atom stereocenters. The van der Waals surface area contributed by atoms with Crippen LogP contribution in [0, 0.1) is 0 Å². The first kappa shape index (κ1) is 12.6. The Labute approximate surface area is 115 Å². The number of benzene rings is 1. The Hall–Kier alpha value is -2.44. The molecule has 0 fully saturated rings. The highest BCUT2D eigenvalue weighted by Crippen LogP contribution is 2.30. The fourth-order valence-electron chi connectivity index (χ4n) is 2.42. The number of fused-ring (bicyclic) bond motifs is 1. The van der Waals surface area contributed by atoms with Crippen LogP contribution in [0.15, 0.2) is 23.4 Å². The molecule has 1 aromatic heterocycles. The molecular weight excluding hydrogens is 258 g/mol. The molecule has 0 atom stereocenters. The van der Waals surface area contributed by atoms with Crippen molar-refractivity contribution in [3.05, 3.63) is 35.2 Å². The largest absolute Gasteiger partial charge is 0.485 e. The van der Waals surface area contributed by atoms with E-state index < -0.39 is 0 Å². The van der Waals surface area contributed by atoms with Crippen LogP contribution >= 0.6 is 0 Å². The molecule has 0 radical (unpaired) electrons. The van der Waals surface area contributed by atoms with Crippen LogP contribution in [0.4, 0.5) is 0 Å². The SMILES string of the molecule is Cn1nnc(COc2cccc3c2CCC/C3=N\O)n1. The molecule has 1 aromatic carbocycles. The molecule has 0 amide bonds. The number of aromatic nitrogens is 4. The average Bonchev–Trinajstić information content (AvgIpc) is 2.90. The molecule has 0 saturated heterocycles. The molecule has 104 valence electrons. The van der Waals surface area contributed by atoms with E-state index in [-0.39, 0.29) is 6.61 Å². The molecule has 1 aliphatic rings. The van der Waals surface area contributed by atoms with E-state index in [4.69, 9.17) is 9.94 Å². The molecule has 0 aliphatic heterocycles. The third-order valence-electron chi connectivity index (χ3n) is 3.31. The van der Waals surface area contributed by atoms with Crippen molar-refractivity contribution in [3.63, 3.8) is 0 Å². The lowest BCUT2D eigenvalue weighted by Crippen LogP contribution is -2.13. The number of oxime groups is 1. The van der Waals surface area contributed by atoms with Gasteiger partial charge in [-0.3, -0.25) is 0 Å². The number of ether oxygens (including phenoxy) is 1. The van der Waals surface area contributed by atoms with Crippen molar-refractivity contribution in [1.29, 1.82) is 0 Å². The summed E-state index contributed by atoms with van der Waals surface area (Å²) < 4.78 is 5.78. The van der Waals surface area contributed by atoms with Crippen LogP contribution in [0.1, 0.15) is 29.8 Å². The lowest BCUT2D eigenvalue weighted by atomic mass is 9.89. The minimum absolute atomic E-state index is 0.274. The van der Waals surface area contributed by atoms with Crippen LogP contribution in [0.5, 0.6) is 5.75 Å². The van der Waals surface area contributed by atoms with Gasteiger partial charge in [0.05, 0.1) is 12.8 Å². The first-order valence-electron chi connectivity index (χ1n) is 6.47. The monoisotopic (exact) mass is 273 g/mol. The summed E-state index contributed by atoms with van der Waals surface area (Å²) in [5.41, 5.74) is 2.76. The van der Waals surface area contributed by atoms with Crippen molar-refractivity contribution < 1.29 is 9.94 Å². The van der Waals surface area contributed by atoms with E-state index in [2.05, 4.69) is 20.6 Å². The van der Waals surface area contributed by atoms with Crippen molar-refractivity contribution in [2.24, 2.45) is 12.2 Å². The van der Waals surface area contributed by atoms with Crippen LogP contribution in [0.3, 0.4) is 0 Å². The second-order valence-electron chi connectivity index (χ2n) is 4.67. The number of nitrogens with zero attached hydrogens (tertiary/aromatic N) is 5. The lowest BCUT2D eigenvalue weighted by molar-refractivity contribution is 0.291. The predicted molar refractivity (Wildman–Crippen MR) is 70.8 cm³/mol. The number of hydrogen-bond donors (Lipinski definition) is 1. The Balaban J connectivity index is 1.83. The van der Waals surface area contributed by atoms with Gasteiger partial charge in [-0.25, -0.2) is 0 Å². The van der Waals surface area contributed by atoms with Crippen molar-refractivity contribution >= 4 is 5.71 Å². The zero-order valence-corrected chi connectivity index (χ0v) is 11.2. The summed E-state index contributed by atoms with van der Waals surface area (Å²) in [6.45, 7) is 0.274. The summed E-state index contributed by atoms with van der Waals surface area (Å²) in [5.74, 6) is 1.33. The molecule has 20 heavy (non-hydrogen) atoms. The molecule has 0 bridgehead atoms. The maximum atomic E-state index is 9.06. The summed E-state index contributed by atoms with van der Waals surface area (Å²) in [5, 5.41) is 24.2. The van der Waals surface area contributed by atoms with Crippen molar-refractivity contribution in [2.45, 2.75) is 25.9 Å². The van der Waals surface area contributed by atoms with E-state index in [1.165, 1.54) is 4.80 Å². The van der Waals surface area contributed by atoms with E-state index in [0.717, 1.165) is 36.1 Å². The summed E-state index contributed by atoms with van der Waals surface area (Å²) in [6.07, 6.45) is 2.66. The third kappa shape index (κ3) is 2.34. The second kappa shape index (κ2) is 5.28. The fourth-order valence-corrected chi connectivity index (χ4v) is 2.42. The van der Waals surface area contributed by atoms with Crippen LogP contribution in [-0.4, -0.2) is 31.1 Å². The van der Waals surface area contributed by atoms with Gasteiger partial charge >= 0.3 is 0 Å². The lowest BCUT2D eigenvalue weighted by Gasteiger charge is -2.19. The molecule has 7 heteroatoms. The molecule has 7 nitrogen and oxygen atoms in total. The molecule has 0 saturated carbocycles. The maximum Gasteiger partial charge on any atom is 0.212 e. The highest BCUT2D eigenvalue weighted by Gasteiger charge is 2.19. The predicted octanol–water partition coefficient (Wildman–Crippen LogP) is 1.30. The minimum atomic E-state index is 0.274. The van der Waals surface area contributed by atoms with Crippen LogP contribution < -0.4 is 4.74 Å². The molecule has 1 N–H and O–H groups in total. The van der Waals surface area contributed by atoms with Crippen LogP contribution in [-0.2, 0) is 20.1 Å². The summed E-state index contributed by atoms with van der Waals surface area (Å²) in [6, 6.07) is 5.77. The van der Waals surface area contributed by atoms with Crippen molar-refractivity contribution in [3.8, 4) is 5.75 Å². The summed E-state index contributed by atoms with van der Waals surface area (Å²) in [4.78, 5) is 1.40. The second-order valence-corrected chi connectivity index (χ2v) is 4.67. The molecular formula is C13H15N5O2. The van der Waals surface area contributed by atoms with Crippen molar-refractivity contribution in [1.82, 2.24) is 20.2 Å². The van der Waals surface area contributed by atoms with Gasteiger partial charge in [0.25, 0.3) is 0 Å². The fraction of sp³-hybridized carbons (Fsp3) is 0.385. The quantitative estimate of drug-likeness (QED) is 0.673. The smallest absolute Gasteiger partial charge is 0.212 e. The Morgan fingerprint density at radius 1 is 1.40 bits per heavy atom. The first-order chi connectivity index (χ1) is 9.78. The standard InChI is InChI=1S/C13H15N5O2/c1-18-15-13(14-17-18)8-20-12-7-3-4-9-10(12)5-2-6-11(9)16-19/h3-4,7,19H,2,5-6,8H2,1H3/b16-11+. The van der Waals surface area contributed by atoms with Gasteiger partial charge in [0.1, 0.15) is 5.75 Å². The van der Waals surface area contributed by atoms with E-state index in [9.17, 15) is 0 Å². The van der Waals surface area contributed by atoms with Gasteiger partial charge < -0.3 is 9.94 Å². The van der Waals surface area contributed by atoms with Gasteiger partial charge in [0.15, 0.2) is 6.61 Å². The third-order valence-corrected chi connectivity index (χ3v) is 3.31. The summed E-state index contributed by atoms with van der Waals surface area (Å²) in [7, 11) is 1.71. The van der Waals surface area contributed by atoms with Gasteiger partial charge in [0.2, 0.25) is 5.82 Å². The Kier molecular flexibility index (Phi) is 3.32. The normalized spacial score (nSPS) is 16.1. The van der Waals surface area contributed by atoms with E-state index in [1.54, 1.807) is 7.05 Å². The zero-order chi connectivity index (χ0) is 13.9. The Bertz CT molecular complexity index is 650. The Morgan fingerprint density at radius 3 is 3.05 bits per heavy atom. The number of aryl methyl sites for hydroxylation is 1. The zero-order valence-electron chi connectivity index (χ0n) is 11.2. The van der Waals surface area contributed by atoms with Crippen molar-refractivity contribution in [2.75, 3.05) is 0 Å². The van der Waals surface area contributed by atoms with Crippen LogP contribution in [0.25, 0.3) is 0 Å². The first-order valence-corrected chi connectivity index (χ1v) is 6.47.